The topological polar surface area (TPSA) is 75.3 Å². The predicted molar refractivity (Wildman–Crippen MR) is 120 cm³/mol. The molecule has 2 N–H and O–H groups in total. The minimum Gasteiger partial charge on any atom is -0.348 e. The Kier molecular flexibility index (Phi) is 5.97. The SMILES string of the molecule is O=C(NCc1ccc(F)cc1)c1ccc2c(c1)C(=O)/C(=C\c1cccc(Cl)c1)S(=O)N2. The summed E-state index contributed by atoms with van der Waals surface area (Å²) in [5.74, 6) is -1.16. The Morgan fingerprint density at radius 3 is 2.61 bits per heavy atom. The molecule has 1 amide bonds. The van der Waals surface area contributed by atoms with Crippen LogP contribution in [0.1, 0.15) is 31.8 Å². The smallest absolute Gasteiger partial charge is 0.251 e. The number of fused-ring (bicyclic) bond motifs is 1. The van der Waals surface area contributed by atoms with Crippen molar-refractivity contribution in [3.63, 3.8) is 0 Å². The van der Waals surface area contributed by atoms with E-state index in [-0.39, 0.29) is 34.3 Å². The minimum atomic E-state index is -1.74. The van der Waals surface area contributed by atoms with Gasteiger partial charge < -0.3 is 10.0 Å². The number of halogens is 2. The van der Waals surface area contributed by atoms with E-state index in [1.807, 2.05) is 0 Å². The van der Waals surface area contributed by atoms with Gasteiger partial charge in [-0.05, 0) is 59.7 Å². The van der Waals surface area contributed by atoms with Crippen molar-refractivity contribution < 1.29 is 18.2 Å². The van der Waals surface area contributed by atoms with Crippen LogP contribution in [0.3, 0.4) is 0 Å². The molecule has 3 aromatic rings. The molecule has 8 heteroatoms. The van der Waals surface area contributed by atoms with Crippen LogP contribution in [0.5, 0.6) is 0 Å². The number of hydrogen-bond acceptors (Lipinski definition) is 3. The molecule has 0 bridgehead atoms. The summed E-state index contributed by atoms with van der Waals surface area (Å²) in [5.41, 5.74) is 2.31. The van der Waals surface area contributed by atoms with E-state index in [1.165, 1.54) is 24.3 Å². The quantitative estimate of drug-likeness (QED) is 0.560. The molecule has 0 radical (unpaired) electrons. The van der Waals surface area contributed by atoms with Crippen LogP contribution in [0.25, 0.3) is 6.08 Å². The Hall–Kier alpha value is -3.29. The predicted octanol–water partition coefficient (Wildman–Crippen LogP) is 4.72. The van der Waals surface area contributed by atoms with Gasteiger partial charge in [-0.1, -0.05) is 35.9 Å². The lowest BCUT2D eigenvalue weighted by molar-refractivity contribution is 0.0951. The molecule has 0 fully saturated rings. The van der Waals surface area contributed by atoms with Gasteiger partial charge in [-0.25, -0.2) is 8.60 Å². The summed E-state index contributed by atoms with van der Waals surface area (Å²) in [5, 5.41) is 3.24. The molecular formula is C23H16ClFN2O3S. The van der Waals surface area contributed by atoms with Gasteiger partial charge >= 0.3 is 0 Å². The normalized spacial score (nSPS) is 16.5. The maximum absolute atomic E-state index is 13.0. The summed E-state index contributed by atoms with van der Waals surface area (Å²) in [6.45, 7) is 0.215. The molecule has 1 unspecified atom stereocenters. The standard InChI is InChI=1S/C23H16ClFN2O3S/c24-17-3-1-2-15(10-17)11-21-22(28)19-12-16(6-9-20(19)27-31(21)30)23(29)26-13-14-4-7-18(25)8-5-14/h1-12,27H,13H2,(H,26,29)/b21-11+. The molecule has 1 atom stereocenters. The average Bonchev–Trinajstić information content (AvgIpc) is 2.76. The number of anilines is 1. The molecule has 0 aromatic heterocycles. The zero-order chi connectivity index (χ0) is 22.0. The molecule has 1 heterocycles. The van der Waals surface area contributed by atoms with Crippen molar-refractivity contribution in [2.24, 2.45) is 0 Å². The third-order valence-electron chi connectivity index (χ3n) is 4.67. The van der Waals surface area contributed by atoms with Crippen LogP contribution in [0.2, 0.25) is 5.02 Å². The first-order valence-electron chi connectivity index (χ1n) is 9.28. The monoisotopic (exact) mass is 454 g/mol. The third kappa shape index (κ3) is 4.73. The number of allylic oxidation sites excluding steroid dienone is 1. The summed E-state index contributed by atoms with van der Waals surface area (Å²) in [4.78, 5) is 25.6. The molecular weight excluding hydrogens is 439 g/mol. The second kappa shape index (κ2) is 8.83. The Labute approximate surface area is 185 Å². The first-order valence-corrected chi connectivity index (χ1v) is 10.8. The van der Waals surface area contributed by atoms with Gasteiger partial charge in [0.1, 0.15) is 10.7 Å². The maximum Gasteiger partial charge on any atom is 0.251 e. The third-order valence-corrected chi connectivity index (χ3v) is 6.01. The molecule has 31 heavy (non-hydrogen) atoms. The molecule has 0 spiro atoms. The van der Waals surface area contributed by atoms with Crippen molar-refractivity contribution in [2.45, 2.75) is 6.54 Å². The van der Waals surface area contributed by atoms with E-state index >= 15 is 0 Å². The van der Waals surface area contributed by atoms with E-state index in [0.29, 0.717) is 16.3 Å². The summed E-state index contributed by atoms with van der Waals surface area (Å²) >= 11 is 5.99. The van der Waals surface area contributed by atoms with Crippen LogP contribution < -0.4 is 10.0 Å². The zero-order valence-electron chi connectivity index (χ0n) is 16.0. The van der Waals surface area contributed by atoms with Crippen LogP contribution in [-0.2, 0) is 17.5 Å². The van der Waals surface area contributed by atoms with Gasteiger partial charge in [0, 0.05) is 22.7 Å². The van der Waals surface area contributed by atoms with Gasteiger partial charge in [-0.2, -0.15) is 0 Å². The average molecular weight is 455 g/mol. The van der Waals surface area contributed by atoms with E-state index in [2.05, 4.69) is 10.0 Å². The fourth-order valence-electron chi connectivity index (χ4n) is 3.09. The lowest BCUT2D eigenvalue weighted by Crippen LogP contribution is -2.25. The number of rotatable bonds is 4. The van der Waals surface area contributed by atoms with Gasteiger partial charge in [0.15, 0.2) is 11.0 Å². The van der Waals surface area contributed by atoms with Crippen LogP contribution in [-0.4, -0.2) is 15.9 Å². The molecule has 1 aliphatic heterocycles. The van der Waals surface area contributed by atoms with Gasteiger partial charge in [0.25, 0.3) is 5.91 Å². The minimum absolute atomic E-state index is 0.0682. The molecule has 1 aliphatic rings. The number of carbonyl (C=O) groups is 2. The number of ketones is 1. The van der Waals surface area contributed by atoms with Crippen molar-refractivity contribution in [3.05, 3.63) is 105 Å². The molecule has 5 nitrogen and oxygen atoms in total. The van der Waals surface area contributed by atoms with Crippen LogP contribution in [0, 0.1) is 5.82 Å². The maximum atomic E-state index is 13.0. The van der Waals surface area contributed by atoms with Gasteiger partial charge in [0.05, 0.1) is 5.69 Å². The van der Waals surface area contributed by atoms with E-state index in [0.717, 1.165) is 5.56 Å². The van der Waals surface area contributed by atoms with Crippen LogP contribution in [0.4, 0.5) is 10.1 Å². The van der Waals surface area contributed by atoms with Crippen molar-refractivity contribution >= 4 is 46.0 Å². The Bertz CT molecular complexity index is 1240. The number of amides is 1. The number of Topliss-reactive ketones (excluding diaryl/α,β-unsaturated/α-hetero) is 1. The van der Waals surface area contributed by atoms with Crippen LogP contribution in [0.15, 0.2) is 71.6 Å². The first-order chi connectivity index (χ1) is 14.9. The van der Waals surface area contributed by atoms with Crippen molar-refractivity contribution in [2.75, 3.05) is 4.72 Å². The number of carbonyl (C=O) groups excluding carboxylic acids is 2. The highest BCUT2D eigenvalue weighted by Crippen LogP contribution is 2.30. The fourth-order valence-corrected chi connectivity index (χ4v) is 4.30. The number of hydrogen-bond donors (Lipinski definition) is 2. The number of nitrogens with one attached hydrogen (secondary N) is 2. The Morgan fingerprint density at radius 1 is 1.10 bits per heavy atom. The molecule has 0 saturated heterocycles. The van der Waals surface area contributed by atoms with Gasteiger partial charge in [-0.15, -0.1) is 0 Å². The Morgan fingerprint density at radius 2 is 1.87 bits per heavy atom. The Balaban J connectivity index is 1.57. The van der Waals surface area contributed by atoms with Crippen molar-refractivity contribution in [1.29, 1.82) is 0 Å². The zero-order valence-corrected chi connectivity index (χ0v) is 17.6. The van der Waals surface area contributed by atoms with Crippen molar-refractivity contribution in [1.82, 2.24) is 5.32 Å². The van der Waals surface area contributed by atoms with E-state index in [9.17, 15) is 18.2 Å². The lowest BCUT2D eigenvalue weighted by atomic mass is 10.0. The highest BCUT2D eigenvalue weighted by Gasteiger charge is 2.28. The van der Waals surface area contributed by atoms with Gasteiger partial charge in [-0.3, -0.25) is 9.59 Å². The fraction of sp³-hybridized carbons (Fsp3) is 0.0435. The largest absolute Gasteiger partial charge is 0.348 e. The molecule has 3 aromatic carbocycles. The van der Waals surface area contributed by atoms with E-state index in [4.69, 9.17) is 11.6 Å². The summed E-state index contributed by atoms with van der Waals surface area (Å²) in [7, 11) is -1.74. The summed E-state index contributed by atoms with van der Waals surface area (Å²) in [6.07, 6.45) is 1.52. The highest BCUT2D eigenvalue weighted by atomic mass is 35.5. The molecule has 0 saturated carbocycles. The lowest BCUT2D eigenvalue weighted by Gasteiger charge is -2.19. The van der Waals surface area contributed by atoms with E-state index < -0.39 is 16.8 Å². The summed E-state index contributed by atoms with van der Waals surface area (Å²) in [6, 6.07) is 17.2. The summed E-state index contributed by atoms with van der Waals surface area (Å²) < 4.78 is 28.3. The van der Waals surface area contributed by atoms with E-state index in [1.54, 1.807) is 48.5 Å². The first kappa shape index (κ1) is 21.0. The number of benzene rings is 3. The second-order valence-corrected chi connectivity index (χ2v) is 8.45. The van der Waals surface area contributed by atoms with Crippen LogP contribution >= 0.6 is 11.6 Å². The molecule has 4 rings (SSSR count). The highest BCUT2D eigenvalue weighted by molar-refractivity contribution is 7.91. The van der Waals surface area contributed by atoms with Gasteiger partial charge in [0.2, 0.25) is 5.78 Å². The van der Waals surface area contributed by atoms with Crippen molar-refractivity contribution in [3.8, 4) is 0 Å². The second-order valence-electron chi connectivity index (χ2n) is 6.83. The molecule has 156 valence electrons. The molecule has 0 aliphatic carbocycles.